The Bertz CT molecular complexity index is 672. The van der Waals surface area contributed by atoms with Gasteiger partial charge in [-0.15, -0.1) is 0 Å². The minimum atomic E-state index is -3.81. The van der Waals surface area contributed by atoms with E-state index in [4.69, 9.17) is 5.73 Å². The predicted octanol–water partition coefficient (Wildman–Crippen LogP) is -0.0765. The maximum Gasteiger partial charge on any atom is 0.241 e. The number of aromatic nitrogens is 3. The molecule has 0 bridgehead atoms. The molecule has 0 saturated heterocycles. The van der Waals surface area contributed by atoms with Gasteiger partial charge in [0.05, 0.1) is 4.90 Å². The van der Waals surface area contributed by atoms with Crippen molar-refractivity contribution in [2.75, 3.05) is 6.54 Å². The molecular weight excluding hydrogens is 285 g/mol. The van der Waals surface area contributed by atoms with Crippen LogP contribution in [0.1, 0.15) is 11.4 Å². The molecular formula is C11H14FN5O2S. The van der Waals surface area contributed by atoms with E-state index in [0.717, 1.165) is 6.07 Å². The summed E-state index contributed by atoms with van der Waals surface area (Å²) in [6, 6.07) is 3.50. The first-order chi connectivity index (χ1) is 9.53. The van der Waals surface area contributed by atoms with Crippen LogP contribution in [0.5, 0.6) is 0 Å². The molecule has 0 spiro atoms. The van der Waals surface area contributed by atoms with Crippen molar-refractivity contribution in [2.45, 2.75) is 17.9 Å². The SMILES string of the molecule is NCc1ccc(F)cc1S(=O)(=O)NCCc1ncn[nH]1. The van der Waals surface area contributed by atoms with E-state index < -0.39 is 15.8 Å². The van der Waals surface area contributed by atoms with E-state index in [1.54, 1.807) is 0 Å². The number of hydrogen-bond acceptors (Lipinski definition) is 5. The van der Waals surface area contributed by atoms with Crippen LogP contribution in [0, 0.1) is 5.82 Å². The molecule has 9 heteroatoms. The molecule has 20 heavy (non-hydrogen) atoms. The Morgan fingerprint density at radius 1 is 1.40 bits per heavy atom. The van der Waals surface area contributed by atoms with Gasteiger partial charge in [-0.05, 0) is 17.7 Å². The Morgan fingerprint density at radius 2 is 2.20 bits per heavy atom. The number of hydrogen-bond donors (Lipinski definition) is 3. The fourth-order valence-electron chi connectivity index (χ4n) is 1.68. The van der Waals surface area contributed by atoms with Crippen molar-refractivity contribution in [1.29, 1.82) is 0 Å². The summed E-state index contributed by atoms with van der Waals surface area (Å²) in [6.07, 6.45) is 1.69. The Kier molecular flexibility index (Phi) is 4.42. The summed E-state index contributed by atoms with van der Waals surface area (Å²) in [5.41, 5.74) is 5.83. The average Bonchev–Trinajstić information content (AvgIpc) is 2.91. The molecule has 0 aliphatic heterocycles. The maximum atomic E-state index is 13.2. The lowest BCUT2D eigenvalue weighted by Gasteiger charge is -2.10. The number of nitrogens with one attached hydrogen (secondary N) is 2. The normalized spacial score (nSPS) is 11.7. The second-order valence-corrected chi connectivity index (χ2v) is 5.77. The smallest absolute Gasteiger partial charge is 0.241 e. The highest BCUT2D eigenvalue weighted by Gasteiger charge is 2.18. The van der Waals surface area contributed by atoms with E-state index in [1.807, 2.05) is 0 Å². The number of H-pyrrole nitrogens is 1. The summed E-state index contributed by atoms with van der Waals surface area (Å²) >= 11 is 0. The number of halogens is 1. The molecule has 0 saturated carbocycles. The van der Waals surface area contributed by atoms with Crippen LogP contribution in [0.2, 0.25) is 0 Å². The van der Waals surface area contributed by atoms with Crippen molar-refractivity contribution in [3.8, 4) is 0 Å². The molecule has 0 atom stereocenters. The van der Waals surface area contributed by atoms with E-state index in [2.05, 4.69) is 19.9 Å². The van der Waals surface area contributed by atoms with Crippen molar-refractivity contribution in [3.63, 3.8) is 0 Å². The number of rotatable bonds is 6. The van der Waals surface area contributed by atoms with Gasteiger partial charge >= 0.3 is 0 Å². The third-order valence-electron chi connectivity index (χ3n) is 2.66. The first-order valence-electron chi connectivity index (χ1n) is 5.85. The van der Waals surface area contributed by atoms with Gasteiger partial charge in [0, 0.05) is 19.5 Å². The highest BCUT2D eigenvalue weighted by molar-refractivity contribution is 7.89. The molecule has 0 fully saturated rings. The highest BCUT2D eigenvalue weighted by Crippen LogP contribution is 2.16. The Morgan fingerprint density at radius 3 is 2.85 bits per heavy atom. The van der Waals surface area contributed by atoms with Gasteiger partial charge in [0.1, 0.15) is 18.0 Å². The van der Waals surface area contributed by atoms with Gasteiger partial charge in [0.15, 0.2) is 0 Å². The van der Waals surface area contributed by atoms with Crippen LogP contribution in [0.3, 0.4) is 0 Å². The van der Waals surface area contributed by atoms with Crippen LogP contribution >= 0.6 is 0 Å². The summed E-state index contributed by atoms with van der Waals surface area (Å²) in [4.78, 5) is 3.73. The lowest BCUT2D eigenvalue weighted by Crippen LogP contribution is -2.27. The van der Waals surface area contributed by atoms with Crippen LogP contribution in [0.25, 0.3) is 0 Å². The number of aromatic amines is 1. The monoisotopic (exact) mass is 299 g/mol. The van der Waals surface area contributed by atoms with Crippen molar-refractivity contribution in [1.82, 2.24) is 19.9 Å². The van der Waals surface area contributed by atoms with Gasteiger partial charge < -0.3 is 5.73 Å². The Balaban J connectivity index is 2.11. The molecule has 108 valence electrons. The van der Waals surface area contributed by atoms with Gasteiger partial charge in [0.25, 0.3) is 0 Å². The molecule has 0 unspecified atom stereocenters. The van der Waals surface area contributed by atoms with Crippen molar-refractivity contribution in [3.05, 3.63) is 41.7 Å². The number of nitrogens with two attached hydrogens (primary N) is 1. The largest absolute Gasteiger partial charge is 0.326 e. The van der Waals surface area contributed by atoms with Crippen LogP contribution in [-0.4, -0.2) is 30.1 Å². The molecule has 4 N–H and O–H groups in total. The molecule has 0 aliphatic rings. The minimum absolute atomic E-state index is 0.0125. The molecule has 1 aromatic carbocycles. The predicted molar refractivity (Wildman–Crippen MR) is 69.6 cm³/mol. The quantitative estimate of drug-likeness (QED) is 0.690. The highest BCUT2D eigenvalue weighted by atomic mass is 32.2. The van der Waals surface area contributed by atoms with Gasteiger partial charge in [0.2, 0.25) is 10.0 Å². The van der Waals surface area contributed by atoms with Gasteiger partial charge in [-0.2, -0.15) is 5.10 Å². The summed E-state index contributed by atoms with van der Waals surface area (Å²) < 4.78 is 39.8. The van der Waals surface area contributed by atoms with Crippen LogP contribution in [0.15, 0.2) is 29.4 Å². The number of nitrogens with zero attached hydrogens (tertiary/aromatic N) is 2. The molecule has 0 amide bonds. The first kappa shape index (κ1) is 14.6. The van der Waals surface area contributed by atoms with E-state index in [0.29, 0.717) is 17.8 Å². The molecule has 1 aromatic heterocycles. The fourth-order valence-corrected chi connectivity index (χ4v) is 2.97. The minimum Gasteiger partial charge on any atom is -0.326 e. The molecule has 2 rings (SSSR count). The summed E-state index contributed by atoms with van der Waals surface area (Å²) in [5.74, 6) is -0.0659. The summed E-state index contributed by atoms with van der Waals surface area (Å²) in [6.45, 7) is 0.136. The van der Waals surface area contributed by atoms with Crippen LogP contribution in [0.4, 0.5) is 4.39 Å². The number of benzene rings is 1. The van der Waals surface area contributed by atoms with Crippen LogP contribution < -0.4 is 10.5 Å². The van der Waals surface area contributed by atoms with E-state index in [9.17, 15) is 12.8 Å². The van der Waals surface area contributed by atoms with Gasteiger partial charge in [-0.25, -0.2) is 22.5 Å². The van der Waals surface area contributed by atoms with Crippen molar-refractivity contribution in [2.24, 2.45) is 5.73 Å². The molecule has 7 nitrogen and oxygen atoms in total. The van der Waals surface area contributed by atoms with E-state index in [-0.39, 0.29) is 18.0 Å². The summed E-state index contributed by atoms with van der Waals surface area (Å²) in [7, 11) is -3.81. The standard InChI is InChI=1S/C11H14FN5O2S/c12-9-2-1-8(6-13)10(5-9)20(18,19)16-4-3-11-14-7-15-17-11/h1-2,5,7,16H,3-4,6,13H2,(H,14,15,17). The zero-order valence-corrected chi connectivity index (χ0v) is 11.3. The second-order valence-electron chi connectivity index (χ2n) is 4.04. The summed E-state index contributed by atoms with van der Waals surface area (Å²) in [5, 5.41) is 6.27. The molecule has 0 aliphatic carbocycles. The van der Waals surface area contributed by atoms with E-state index >= 15 is 0 Å². The number of sulfonamides is 1. The molecule has 1 heterocycles. The van der Waals surface area contributed by atoms with Crippen LogP contribution in [-0.2, 0) is 23.0 Å². The lowest BCUT2D eigenvalue weighted by molar-refractivity contribution is 0.575. The second kappa shape index (κ2) is 6.07. The Hall–Kier alpha value is -1.84. The van der Waals surface area contributed by atoms with Crippen molar-refractivity contribution >= 4 is 10.0 Å². The van der Waals surface area contributed by atoms with E-state index in [1.165, 1.54) is 18.5 Å². The maximum absolute atomic E-state index is 13.2. The zero-order chi connectivity index (χ0) is 14.6. The average molecular weight is 299 g/mol. The third kappa shape index (κ3) is 3.38. The molecule has 0 radical (unpaired) electrons. The first-order valence-corrected chi connectivity index (χ1v) is 7.33. The fraction of sp³-hybridized carbons (Fsp3) is 0.273. The van der Waals surface area contributed by atoms with Crippen molar-refractivity contribution < 1.29 is 12.8 Å². The van der Waals surface area contributed by atoms with Gasteiger partial charge in [-0.1, -0.05) is 6.07 Å². The zero-order valence-electron chi connectivity index (χ0n) is 10.5. The van der Waals surface area contributed by atoms with Gasteiger partial charge in [-0.3, -0.25) is 5.10 Å². The Labute approximate surface area is 115 Å². The lowest BCUT2D eigenvalue weighted by atomic mass is 10.2. The third-order valence-corrected chi connectivity index (χ3v) is 4.20. The molecule has 2 aromatic rings. The topological polar surface area (TPSA) is 114 Å².